The summed E-state index contributed by atoms with van der Waals surface area (Å²) in [5.74, 6) is -0.701. The summed E-state index contributed by atoms with van der Waals surface area (Å²) >= 11 is 0. The molecule has 0 saturated carbocycles. The van der Waals surface area contributed by atoms with Crippen LogP contribution in [0.25, 0.3) is 0 Å². The van der Waals surface area contributed by atoms with Gasteiger partial charge >= 0.3 is 0 Å². The van der Waals surface area contributed by atoms with Gasteiger partial charge in [-0.15, -0.1) is 0 Å². The molecule has 1 saturated heterocycles. The van der Waals surface area contributed by atoms with Gasteiger partial charge in [0.15, 0.2) is 6.29 Å². The van der Waals surface area contributed by atoms with Gasteiger partial charge in [-0.1, -0.05) is 0 Å². The van der Waals surface area contributed by atoms with E-state index in [9.17, 15) is 24.9 Å². The zero-order valence-electron chi connectivity index (χ0n) is 10.5. The third-order valence-corrected chi connectivity index (χ3v) is 2.93. The third kappa shape index (κ3) is 4.22. The molecule has 8 nitrogen and oxygen atoms in total. The van der Waals surface area contributed by atoms with Crippen molar-refractivity contribution in [2.24, 2.45) is 0 Å². The van der Waals surface area contributed by atoms with Crippen LogP contribution < -0.4 is 5.32 Å². The Kier molecular flexibility index (Phi) is 5.83. The van der Waals surface area contributed by atoms with Gasteiger partial charge in [0.1, 0.15) is 30.1 Å². The zero-order chi connectivity index (χ0) is 14.6. The van der Waals surface area contributed by atoms with Gasteiger partial charge in [-0.25, -0.2) is 0 Å². The molecule has 1 aliphatic rings. The maximum atomic E-state index is 11.5. The molecule has 1 aliphatic heterocycles. The van der Waals surface area contributed by atoms with E-state index >= 15 is 0 Å². The fraction of sp³-hybridized carbons (Fsp3) is 0.818. The van der Waals surface area contributed by atoms with Crippen molar-refractivity contribution in [2.75, 3.05) is 6.61 Å². The highest BCUT2D eigenvalue weighted by Crippen LogP contribution is 2.19. The number of nitrogens with one attached hydrogen (secondary N) is 1. The van der Waals surface area contributed by atoms with Crippen molar-refractivity contribution in [3.05, 3.63) is 0 Å². The van der Waals surface area contributed by atoms with Gasteiger partial charge in [-0.2, -0.15) is 0 Å². The molecule has 1 fully saturated rings. The Labute approximate surface area is 110 Å². The van der Waals surface area contributed by atoms with Gasteiger partial charge in [0.25, 0.3) is 0 Å². The molecule has 1 heterocycles. The van der Waals surface area contributed by atoms with Crippen molar-refractivity contribution < 1.29 is 34.8 Å². The number of hydrogen-bond donors (Lipinski definition) is 5. The molecule has 5 atom stereocenters. The molecular formula is C11H19NO7. The van der Waals surface area contributed by atoms with E-state index in [1.165, 1.54) is 6.92 Å². The number of aliphatic hydroxyl groups is 4. The number of carbonyl (C=O) groups excluding carboxylic acids is 2. The van der Waals surface area contributed by atoms with E-state index < -0.39 is 43.2 Å². The van der Waals surface area contributed by atoms with Gasteiger partial charge in [0.05, 0.1) is 6.61 Å². The number of hydrogen-bond acceptors (Lipinski definition) is 7. The smallest absolute Gasteiger partial charge is 0.220 e. The second kappa shape index (κ2) is 6.92. The second-order valence-electron chi connectivity index (χ2n) is 4.52. The second-order valence-corrected chi connectivity index (χ2v) is 4.52. The van der Waals surface area contributed by atoms with Crippen LogP contribution in [0.5, 0.6) is 0 Å². The molecule has 0 radical (unpaired) electrons. The third-order valence-electron chi connectivity index (χ3n) is 2.93. The molecule has 0 aromatic rings. The van der Waals surface area contributed by atoms with Crippen LogP contribution in [0.3, 0.4) is 0 Å². The Balaban J connectivity index is 2.57. The van der Waals surface area contributed by atoms with E-state index in [1.54, 1.807) is 0 Å². The first-order valence-electron chi connectivity index (χ1n) is 5.96. The standard InChI is InChI=1S/C11H19NO7/c1-5(14)2-3-7(15)12-8-10(17)9(16)6(4-13)19-11(8)18/h6,8-11,13,16-18H,2-4H2,1H3,(H,12,15)/t6?,8?,9-,10-,11?/m1/s1. The Morgan fingerprint density at radius 2 is 1.79 bits per heavy atom. The van der Waals surface area contributed by atoms with E-state index in [0.29, 0.717) is 0 Å². The molecule has 0 aliphatic carbocycles. The number of rotatable bonds is 5. The van der Waals surface area contributed by atoms with Crippen LogP contribution in [0.2, 0.25) is 0 Å². The molecule has 0 bridgehead atoms. The lowest BCUT2D eigenvalue weighted by atomic mass is 9.97. The Morgan fingerprint density at radius 1 is 1.16 bits per heavy atom. The quantitative estimate of drug-likeness (QED) is 0.368. The van der Waals surface area contributed by atoms with Crippen molar-refractivity contribution in [3.63, 3.8) is 0 Å². The first-order chi connectivity index (χ1) is 8.86. The maximum Gasteiger partial charge on any atom is 0.220 e. The highest BCUT2D eigenvalue weighted by Gasteiger charge is 2.44. The first kappa shape index (κ1) is 16.0. The highest BCUT2D eigenvalue weighted by molar-refractivity contribution is 5.83. The minimum atomic E-state index is -1.54. The van der Waals surface area contributed by atoms with Gasteiger partial charge in [0.2, 0.25) is 5.91 Å². The van der Waals surface area contributed by atoms with Crippen molar-refractivity contribution >= 4 is 11.7 Å². The maximum absolute atomic E-state index is 11.5. The summed E-state index contributed by atoms with van der Waals surface area (Å²) in [6, 6.07) is -1.21. The lowest BCUT2D eigenvalue weighted by Crippen LogP contribution is -2.64. The molecule has 110 valence electrons. The van der Waals surface area contributed by atoms with E-state index in [-0.39, 0.29) is 18.6 Å². The Bertz CT molecular complexity index is 335. The van der Waals surface area contributed by atoms with E-state index in [4.69, 9.17) is 9.84 Å². The topological polar surface area (TPSA) is 136 Å². The van der Waals surface area contributed by atoms with Crippen molar-refractivity contribution in [3.8, 4) is 0 Å². The monoisotopic (exact) mass is 277 g/mol. The number of ether oxygens (including phenoxy) is 1. The van der Waals surface area contributed by atoms with Crippen LogP contribution >= 0.6 is 0 Å². The first-order valence-corrected chi connectivity index (χ1v) is 5.96. The average molecular weight is 277 g/mol. The molecule has 0 aromatic heterocycles. The number of Topliss-reactive ketones (excluding diaryl/α,β-unsaturated/α-hetero) is 1. The summed E-state index contributed by atoms with van der Waals surface area (Å²) in [5, 5.41) is 40.1. The minimum Gasteiger partial charge on any atom is -0.394 e. The number of amides is 1. The zero-order valence-corrected chi connectivity index (χ0v) is 10.5. The molecule has 19 heavy (non-hydrogen) atoms. The van der Waals surface area contributed by atoms with Crippen LogP contribution in [0.15, 0.2) is 0 Å². The highest BCUT2D eigenvalue weighted by atomic mass is 16.6. The molecule has 1 amide bonds. The predicted octanol–water partition coefficient (Wildman–Crippen LogP) is -2.73. The van der Waals surface area contributed by atoms with Crippen LogP contribution in [0, 0.1) is 0 Å². The summed E-state index contributed by atoms with van der Waals surface area (Å²) in [7, 11) is 0. The minimum absolute atomic E-state index is 0.0490. The normalized spacial score (nSPS) is 34.9. The van der Waals surface area contributed by atoms with E-state index in [0.717, 1.165) is 0 Å². The van der Waals surface area contributed by atoms with Gasteiger partial charge < -0.3 is 35.3 Å². The fourth-order valence-electron chi connectivity index (χ4n) is 1.80. The van der Waals surface area contributed by atoms with Crippen LogP contribution in [0.1, 0.15) is 19.8 Å². The number of carbonyl (C=O) groups is 2. The molecule has 0 aromatic carbocycles. The Morgan fingerprint density at radius 3 is 2.32 bits per heavy atom. The summed E-state index contributed by atoms with van der Waals surface area (Å²) in [6.45, 7) is 0.774. The van der Waals surface area contributed by atoms with Gasteiger partial charge in [-0.3, -0.25) is 4.79 Å². The molecule has 1 rings (SSSR count). The summed E-state index contributed by atoms with van der Waals surface area (Å²) in [6.07, 6.45) is -5.58. The SMILES string of the molecule is CC(=O)CCC(=O)NC1C(O)OC(CO)[C@@H](O)[C@@H]1O. The van der Waals surface area contributed by atoms with Crippen LogP contribution in [-0.4, -0.2) is 69.4 Å². The summed E-state index contributed by atoms with van der Waals surface area (Å²) < 4.78 is 4.87. The van der Waals surface area contributed by atoms with E-state index in [1.807, 2.05) is 0 Å². The van der Waals surface area contributed by atoms with Crippen LogP contribution in [0.4, 0.5) is 0 Å². The molecule has 5 N–H and O–H groups in total. The lowest BCUT2D eigenvalue weighted by Gasteiger charge is -2.40. The summed E-state index contributed by atoms with van der Waals surface area (Å²) in [5.41, 5.74) is 0. The largest absolute Gasteiger partial charge is 0.394 e. The van der Waals surface area contributed by atoms with Crippen LogP contribution in [-0.2, 0) is 14.3 Å². The van der Waals surface area contributed by atoms with Gasteiger partial charge in [-0.05, 0) is 6.92 Å². The average Bonchev–Trinajstić information content (AvgIpc) is 2.36. The number of aliphatic hydroxyl groups excluding tert-OH is 4. The van der Waals surface area contributed by atoms with E-state index in [2.05, 4.69) is 5.32 Å². The Hall–Kier alpha value is -1.06. The van der Waals surface area contributed by atoms with Crippen molar-refractivity contribution in [1.82, 2.24) is 5.32 Å². The fourth-order valence-corrected chi connectivity index (χ4v) is 1.80. The predicted molar refractivity (Wildman–Crippen MR) is 61.8 cm³/mol. The van der Waals surface area contributed by atoms with Crippen molar-refractivity contribution in [2.45, 2.75) is 50.4 Å². The summed E-state index contributed by atoms with van der Waals surface area (Å²) in [4.78, 5) is 22.2. The number of ketones is 1. The lowest BCUT2D eigenvalue weighted by molar-refractivity contribution is -0.253. The van der Waals surface area contributed by atoms with Gasteiger partial charge in [0, 0.05) is 12.8 Å². The molecule has 0 spiro atoms. The van der Waals surface area contributed by atoms with Crippen molar-refractivity contribution in [1.29, 1.82) is 0 Å². The molecular weight excluding hydrogens is 258 g/mol. The molecule has 3 unspecified atom stereocenters. The molecule has 8 heteroatoms.